The van der Waals surface area contributed by atoms with Crippen LogP contribution in [-0.4, -0.2) is 53.1 Å². The van der Waals surface area contributed by atoms with E-state index < -0.39 is 12.0 Å². The number of aliphatic carboxylic acids is 1. The average Bonchev–Trinajstić information content (AvgIpc) is 3.13. The van der Waals surface area contributed by atoms with Crippen LogP contribution in [0.3, 0.4) is 0 Å². The van der Waals surface area contributed by atoms with Crippen molar-refractivity contribution in [1.82, 2.24) is 9.80 Å². The molecule has 20 heavy (non-hydrogen) atoms. The normalized spacial score (nSPS) is 35.5. The molecule has 112 valence electrons. The molecule has 0 aromatic heterocycles. The lowest BCUT2D eigenvalue weighted by Gasteiger charge is -2.31. The Morgan fingerprint density at radius 3 is 2.65 bits per heavy atom. The average molecular weight is 280 g/mol. The van der Waals surface area contributed by atoms with Crippen molar-refractivity contribution in [3.05, 3.63) is 0 Å². The summed E-state index contributed by atoms with van der Waals surface area (Å²) >= 11 is 0. The topological polar surface area (TPSA) is 60.9 Å². The zero-order chi connectivity index (χ0) is 14.3. The first-order valence-corrected chi connectivity index (χ1v) is 7.80. The molecular weight excluding hydrogens is 256 g/mol. The van der Waals surface area contributed by atoms with Gasteiger partial charge in [-0.2, -0.15) is 0 Å². The van der Waals surface area contributed by atoms with E-state index in [0.717, 1.165) is 24.8 Å². The number of rotatable bonds is 3. The highest BCUT2D eigenvalue weighted by Crippen LogP contribution is 2.48. The van der Waals surface area contributed by atoms with Gasteiger partial charge in [-0.1, -0.05) is 6.42 Å². The number of likely N-dealkylation sites (tertiary alicyclic amines) is 1. The number of urea groups is 1. The minimum absolute atomic E-state index is 0.0994. The second-order valence-electron chi connectivity index (χ2n) is 6.79. The second kappa shape index (κ2) is 5.26. The van der Waals surface area contributed by atoms with Gasteiger partial charge in [0.25, 0.3) is 0 Å². The minimum atomic E-state index is -0.871. The maximum Gasteiger partial charge on any atom is 0.326 e. The van der Waals surface area contributed by atoms with Gasteiger partial charge in [-0.05, 0) is 49.9 Å². The van der Waals surface area contributed by atoms with Crippen LogP contribution in [0.25, 0.3) is 0 Å². The predicted molar refractivity (Wildman–Crippen MR) is 74.3 cm³/mol. The summed E-state index contributed by atoms with van der Waals surface area (Å²) < 4.78 is 0. The Morgan fingerprint density at radius 2 is 2.05 bits per heavy atom. The van der Waals surface area contributed by atoms with Crippen molar-refractivity contribution in [2.45, 2.75) is 44.6 Å². The van der Waals surface area contributed by atoms with Gasteiger partial charge in [0.15, 0.2) is 0 Å². The lowest BCUT2D eigenvalue weighted by Crippen LogP contribution is -2.48. The molecule has 5 heteroatoms. The summed E-state index contributed by atoms with van der Waals surface area (Å²) in [7, 11) is 1.82. The molecule has 5 nitrogen and oxygen atoms in total. The Balaban J connectivity index is 1.58. The number of carboxylic acids is 1. The van der Waals surface area contributed by atoms with E-state index in [9.17, 15) is 14.7 Å². The predicted octanol–water partition coefficient (Wildman–Crippen LogP) is 2.02. The van der Waals surface area contributed by atoms with Crippen LogP contribution in [0.1, 0.15) is 38.5 Å². The van der Waals surface area contributed by atoms with Crippen molar-refractivity contribution < 1.29 is 14.7 Å². The molecule has 1 aliphatic heterocycles. The maximum atomic E-state index is 12.4. The SMILES string of the molecule is CN(CC1CC2CCC1C2)C(=O)N1CCCC1C(=O)O. The Hall–Kier alpha value is -1.26. The third kappa shape index (κ3) is 2.38. The molecule has 1 saturated heterocycles. The molecule has 4 unspecified atom stereocenters. The van der Waals surface area contributed by atoms with Crippen LogP contribution in [0.5, 0.6) is 0 Å². The van der Waals surface area contributed by atoms with Crippen molar-refractivity contribution in [3.8, 4) is 0 Å². The van der Waals surface area contributed by atoms with Gasteiger partial charge in [0.1, 0.15) is 6.04 Å². The van der Waals surface area contributed by atoms with Gasteiger partial charge in [-0.15, -0.1) is 0 Å². The quantitative estimate of drug-likeness (QED) is 0.860. The van der Waals surface area contributed by atoms with Crippen LogP contribution < -0.4 is 0 Å². The van der Waals surface area contributed by atoms with E-state index in [1.165, 1.54) is 30.6 Å². The molecule has 0 radical (unpaired) electrons. The number of fused-ring (bicyclic) bond motifs is 2. The summed E-state index contributed by atoms with van der Waals surface area (Å²) in [6.07, 6.45) is 6.66. The summed E-state index contributed by atoms with van der Waals surface area (Å²) in [5.74, 6) is 1.44. The van der Waals surface area contributed by atoms with E-state index in [1.807, 2.05) is 7.05 Å². The molecule has 3 aliphatic rings. The zero-order valence-electron chi connectivity index (χ0n) is 12.1. The summed E-state index contributed by atoms with van der Waals surface area (Å²) in [5.41, 5.74) is 0. The number of carboxylic acid groups (broad SMARTS) is 1. The third-order valence-electron chi connectivity index (χ3n) is 5.50. The van der Waals surface area contributed by atoms with Crippen LogP contribution in [0.15, 0.2) is 0 Å². The number of nitrogens with zero attached hydrogens (tertiary/aromatic N) is 2. The van der Waals surface area contributed by atoms with E-state index in [4.69, 9.17) is 0 Å². The van der Waals surface area contributed by atoms with Gasteiger partial charge in [-0.3, -0.25) is 0 Å². The van der Waals surface area contributed by atoms with Gasteiger partial charge in [0, 0.05) is 20.1 Å². The number of hydrogen-bond donors (Lipinski definition) is 1. The van der Waals surface area contributed by atoms with Gasteiger partial charge in [0.2, 0.25) is 0 Å². The molecule has 0 aromatic carbocycles. The second-order valence-corrected chi connectivity index (χ2v) is 6.79. The van der Waals surface area contributed by atoms with Gasteiger partial charge in [-0.25, -0.2) is 9.59 Å². The summed E-state index contributed by atoms with van der Waals surface area (Å²) in [5, 5.41) is 9.17. The van der Waals surface area contributed by atoms with Crippen molar-refractivity contribution in [3.63, 3.8) is 0 Å². The summed E-state index contributed by atoms with van der Waals surface area (Å²) in [4.78, 5) is 26.9. The first-order valence-electron chi connectivity index (χ1n) is 7.80. The fourth-order valence-electron chi connectivity index (χ4n) is 4.50. The fourth-order valence-corrected chi connectivity index (χ4v) is 4.50. The monoisotopic (exact) mass is 280 g/mol. The maximum absolute atomic E-state index is 12.4. The molecule has 1 N–H and O–H groups in total. The smallest absolute Gasteiger partial charge is 0.326 e. The molecule has 2 aliphatic carbocycles. The van der Waals surface area contributed by atoms with Crippen molar-refractivity contribution in [2.24, 2.45) is 17.8 Å². The summed E-state index contributed by atoms with van der Waals surface area (Å²) in [6.45, 7) is 1.37. The van der Waals surface area contributed by atoms with Crippen molar-refractivity contribution in [2.75, 3.05) is 20.1 Å². The summed E-state index contributed by atoms with van der Waals surface area (Å²) in [6, 6.07) is -0.720. The van der Waals surface area contributed by atoms with Crippen LogP contribution in [0.2, 0.25) is 0 Å². The Morgan fingerprint density at radius 1 is 1.25 bits per heavy atom. The Labute approximate surface area is 119 Å². The molecule has 4 atom stereocenters. The van der Waals surface area contributed by atoms with Gasteiger partial charge < -0.3 is 14.9 Å². The molecule has 1 heterocycles. The molecular formula is C15H24N2O3. The lowest BCUT2D eigenvalue weighted by atomic mass is 9.88. The molecule has 2 bridgehead atoms. The number of amides is 2. The first kappa shape index (κ1) is 13.7. The fraction of sp³-hybridized carbons (Fsp3) is 0.867. The van der Waals surface area contributed by atoms with Crippen LogP contribution in [-0.2, 0) is 4.79 Å². The van der Waals surface area contributed by atoms with E-state index in [2.05, 4.69) is 0 Å². The number of carbonyl (C=O) groups is 2. The molecule has 2 saturated carbocycles. The van der Waals surface area contributed by atoms with E-state index in [-0.39, 0.29) is 6.03 Å². The van der Waals surface area contributed by atoms with E-state index in [0.29, 0.717) is 18.9 Å². The lowest BCUT2D eigenvalue weighted by molar-refractivity contribution is -0.141. The molecule has 3 fully saturated rings. The highest BCUT2D eigenvalue weighted by Gasteiger charge is 2.41. The molecule has 2 amide bonds. The largest absolute Gasteiger partial charge is 0.480 e. The van der Waals surface area contributed by atoms with Crippen LogP contribution >= 0.6 is 0 Å². The molecule has 0 aromatic rings. The van der Waals surface area contributed by atoms with E-state index >= 15 is 0 Å². The van der Waals surface area contributed by atoms with Gasteiger partial charge in [0.05, 0.1) is 0 Å². The standard InChI is InChI=1S/C15H24N2O3/c1-16(9-12-8-10-4-5-11(12)7-10)15(20)17-6-2-3-13(17)14(18)19/h10-13H,2-9H2,1H3,(H,18,19). The van der Waals surface area contributed by atoms with Crippen LogP contribution in [0, 0.1) is 17.8 Å². The number of hydrogen-bond acceptors (Lipinski definition) is 2. The van der Waals surface area contributed by atoms with Crippen molar-refractivity contribution in [1.29, 1.82) is 0 Å². The van der Waals surface area contributed by atoms with Crippen molar-refractivity contribution >= 4 is 12.0 Å². The first-order chi connectivity index (χ1) is 9.56. The zero-order valence-corrected chi connectivity index (χ0v) is 12.1. The van der Waals surface area contributed by atoms with Crippen LogP contribution in [0.4, 0.5) is 4.79 Å². The van der Waals surface area contributed by atoms with E-state index in [1.54, 1.807) is 4.90 Å². The molecule has 0 spiro atoms. The Bertz CT molecular complexity index is 412. The van der Waals surface area contributed by atoms with Gasteiger partial charge >= 0.3 is 12.0 Å². The highest BCUT2D eigenvalue weighted by atomic mass is 16.4. The molecule has 3 rings (SSSR count). The Kier molecular flexibility index (Phi) is 3.61. The number of carbonyl (C=O) groups excluding carboxylic acids is 1. The minimum Gasteiger partial charge on any atom is -0.480 e. The highest BCUT2D eigenvalue weighted by molar-refractivity contribution is 5.83. The third-order valence-corrected chi connectivity index (χ3v) is 5.50.